The number of ether oxygens (including phenoxy) is 2. The molecule has 0 unspecified atom stereocenters. The summed E-state index contributed by atoms with van der Waals surface area (Å²) in [6.45, 7) is 1.25. The maximum absolute atomic E-state index is 14.7. The number of hydrogen-bond donors (Lipinski definition) is 1. The van der Waals surface area contributed by atoms with Gasteiger partial charge in [0.2, 0.25) is 0 Å². The fourth-order valence-corrected chi connectivity index (χ4v) is 3.43. The molecule has 1 saturated carbocycles. The van der Waals surface area contributed by atoms with E-state index in [1.165, 1.54) is 18.2 Å². The van der Waals surface area contributed by atoms with Gasteiger partial charge < -0.3 is 9.47 Å². The van der Waals surface area contributed by atoms with Gasteiger partial charge in [-0.15, -0.1) is 13.2 Å². The summed E-state index contributed by atoms with van der Waals surface area (Å²) in [7, 11) is 0. The normalized spacial score (nSPS) is 16.4. The summed E-state index contributed by atoms with van der Waals surface area (Å²) in [6, 6.07) is 6.04. The molecule has 0 aromatic heterocycles. The predicted molar refractivity (Wildman–Crippen MR) is 106 cm³/mol. The summed E-state index contributed by atoms with van der Waals surface area (Å²) >= 11 is 5.85. The molecule has 4 rings (SSSR count). The highest BCUT2D eigenvalue weighted by Crippen LogP contribution is 2.43. The molecule has 172 valence electrons. The van der Waals surface area contributed by atoms with Crippen LogP contribution in [0, 0.1) is 5.82 Å². The van der Waals surface area contributed by atoms with Crippen molar-refractivity contribution < 1.29 is 36.8 Å². The molecule has 1 aliphatic heterocycles. The average molecular weight is 475 g/mol. The highest BCUT2D eigenvalue weighted by atomic mass is 35.5. The number of amides is 1. The lowest BCUT2D eigenvalue weighted by atomic mass is 9.99. The van der Waals surface area contributed by atoms with E-state index in [0.29, 0.717) is 18.7 Å². The number of halogens is 5. The molecule has 0 atom stereocenters. The molecule has 2 fully saturated rings. The Bertz CT molecular complexity index is 1010. The molecular weight excluding hydrogens is 456 g/mol. The standard InChI is InChI=1S/C21H19ClF4N2O4/c22-14-7-15(9-16(8-14)31-21(24,25)26)30-11-13-6-19(23)18(10-17(13)12-2-3-12)20(29)27-32-28-4-1-5-28/h6-10,12H,1-5,11H2,(H,27,29). The first-order valence-corrected chi connectivity index (χ1v) is 10.3. The lowest BCUT2D eigenvalue weighted by Crippen LogP contribution is -2.43. The minimum absolute atomic E-state index is 0.00966. The van der Waals surface area contributed by atoms with Gasteiger partial charge in [0.05, 0.1) is 5.56 Å². The quantitative estimate of drug-likeness (QED) is 0.425. The number of rotatable bonds is 8. The Kier molecular flexibility index (Phi) is 6.45. The van der Waals surface area contributed by atoms with Crippen LogP contribution in [-0.4, -0.2) is 30.4 Å². The van der Waals surface area contributed by atoms with Crippen molar-refractivity contribution in [2.75, 3.05) is 13.1 Å². The van der Waals surface area contributed by atoms with Gasteiger partial charge in [-0.3, -0.25) is 4.79 Å². The second-order valence-electron chi connectivity index (χ2n) is 7.57. The SMILES string of the molecule is O=C(NON1CCC1)c1cc(C2CC2)c(COc2cc(Cl)cc(OC(F)(F)F)c2)cc1F. The third-order valence-electron chi connectivity index (χ3n) is 5.05. The zero-order chi connectivity index (χ0) is 22.9. The number of hydrogen-bond acceptors (Lipinski definition) is 5. The topological polar surface area (TPSA) is 60.0 Å². The summed E-state index contributed by atoms with van der Waals surface area (Å²) in [4.78, 5) is 17.4. The van der Waals surface area contributed by atoms with Crippen LogP contribution >= 0.6 is 11.6 Å². The van der Waals surface area contributed by atoms with Crippen molar-refractivity contribution in [1.29, 1.82) is 0 Å². The molecule has 0 bridgehead atoms. The minimum Gasteiger partial charge on any atom is -0.489 e. The van der Waals surface area contributed by atoms with Crippen molar-refractivity contribution in [3.63, 3.8) is 0 Å². The Morgan fingerprint density at radius 2 is 1.84 bits per heavy atom. The molecule has 32 heavy (non-hydrogen) atoms. The molecule has 1 amide bonds. The first kappa shape index (κ1) is 22.6. The number of nitrogens with zero attached hydrogens (tertiary/aromatic N) is 1. The number of alkyl halides is 3. The van der Waals surface area contributed by atoms with E-state index in [2.05, 4.69) is 10.2 Å². The van der Waals surface area contributed by atoms with Crippen molar-refractivity contribution >= 4 is 17.5 Å². The van der Waals surface area contributed by atoms with Crippen LogP contribution in [0.4, 0.5) is 17.6 Å². The molecule has 2 aliphatic rings. The molecule has 1 N–H and O–H groups in total. The molecule has 1 heterocycles. The Morgan fingerprint density at radius 3 is 2.47 bits per heavy atom. The molecule has 1 saturated heterocycles. The smallest absolute Gasteiger partial charge is 0.489 e. The maximum atomic E-state index is 14.7. The van der Waals surface area contributed by atoms with Gasteiger partial charge in [-0.1, -0.05) is 11.6 Å². The number of carbonyl (C=O) groups excluding carboxylic acids is 1. The van der Waals surface area contributed by atoms with Gasteiger partial charge in [0.15, 0.2) is 0 Å². The van der Waals surface area contributed by atoms with Crippen LogP contribution in [0.1, 0.15) is 46.7 Å². The molecular formula is C21H19ClF4N2O4. The number of nitrogens with one attached hydrogen (secondary N) is 1. The summed E-state index contributed by atoms with van der Waals surface area (Å²) in [6.07, 6.45) is -2.16. The maximum Gasteiger partial charge on any atom is 0.573 e. The lowest BCUT2D eigenvalue weighted by molar-refractivity contribution is -0.274. The molecule has 0 spiro atoms. The van der Waals surface area contributed by atoms with Gasteiger partial charge >= 0.3 is 6.36 Å². The average Bonchev–Trinajstić information content (AvgIpc) is 3.48. The van der Waals surface area contributed by atoms with E-state index in [1.807, 2.05) is 0 Å². The van der Waals surface area contributed by atoms with Crippen LogP contribution in [0.25, 0.3) is 0 Å². The Labute approximate surface area is 185 Å². The van der Waals surface area contributed by atoms with Crippen molar-refractivity contribution in [1.82, 2.24) is 10.5 Å². The van der Waals surface area contributed by atoms with Crippen molar-refractivity contribution in [3.8, 4) is 11.5 Å². The monoisotopic (exact) mass is 474 g/mol. The first-order chi connectivity index (χ1) is 15.2. The second-order valence-corrected chi connectivity index (χ2v) is 8.01. The van der Waals surface area contributed by atoms with Crippen LogP contribution in [0.2, 0.25) is 5.02 Å². The Balaban J connectivity index is 1.49. The van der Waals surface area contributed by atoms with Crippen LogP contribution in [0.3, 0.4) is 0 Å². The predicted octanol–water partition coefficient (Wildman–Crippen LogP) is 5.12. The minimum atomic E-state index is -4.88. The molecule has 2 aromatic carbocycles. The first-order valence-electron chi connectivity index (χ1n) is 9.91. The Morgan fingerprint density at radius 1 is 1.12 bits per heavy atom. The summed E-state index contributed by atoms with van der Waals surface area (Å²) in [5.74, 6) is -1.80. The largest absolute Gasteiger partial charge is 0.573 e. The highest BCUT2D eigenvalue weighted by Gasteiger charge is 2.32. The third kappa shape index (κ3) is 5.81. The molecule has 11 heteroatoms. The number of carbonyl (C=O) groups is 1. The van der Waals surface area contributed by atoms with Crippen molar-refractivity contribution in [2.45, 2.75) is 38.1 Å². The van der Waals surface area contributed by atoms with Gasteiger partial charge in [-0.05, 0) is 60.6 Å². The van der Waals surface area contributed by atoms with E-state index < -0.39 is 23.8 Å². The van der Waals surface area contributed by atoms with Gasteiger partial charge in [0, 0.05) is 24.2 Å². The fourth-order valence-electron chi connectivity index (χ4n) is 3.22. The van der Waals surface area contributed by atoms with Gasteiger partial charge in [-0.2, -0.15) is 10.0 Å². The van der Waals surface area contributed by atoms with Gasteiger partial charge in [-0.25, -0.2) is 9.87 Å². The van der Waals surface area contributed by atoms with E-state index >= 15 is 0 Å². The van der Waals surface area contributed by atoms with Gasteiger partial charge in [0.25, 0.3) is 5.91 Å². The van der Waals surface area contributed by atoms with Crippen LogP contribution in [-0.2, 0) is 11.5 Å². The highest BCUT2D eigenvalue weighted by molar-refractivity contribution is 6.30. The Hall–Kier alpha value is -2.56. The molecule has 6 nitrogen and oxygen atoms in total. The zero-order valence-corrected chi connectivity index (χ0v) is 17.4. The summed E-state index contributed by atoms with van der Waals surface area (Å²) in [5.41, 5.74) is 3.31. The molecule has 0 radical (unpaired) electrons. The molecule has 2 aromatic rings. The number of hydroxylamine groups is 3. The van der Waals surface area contributed by atoms with E-state index in [-0.39, 0.29) is 28.9 Å². The van der Waals surface area contributed by atoms with E-state index in [4.69, 9.17) is 21.3 Å². The van der Waals surface area contributed by atoms with Crippen molar-refractivity contribution in [3.05, 3.63) is 57.9 Å². The van der Waals surface area contributed by atoms with E-state index in [9.17, 15) is 22.4 Å². The van der Waals surface area contributed by atoms with Crippen molar-refractivity contribution in [2.24, 2.45) is 0 Å². The van der Waals surface area contributed by atoms with Crippen LogP contribution in [0.5, 0.6) is 11.5 Å². The zero-order valence-electron chi connectivity index (χ0n) is 16.7. The lowest BCUT2D eigenvalue weighted by Gasteiger charge is -2.28. The van der Waals surface area contributed by atoms with Crippen LogP contribution < -0.4 is 15.0 Å². The number of benzene rings is 2. The second kappa shape index (κ2) is 9.13. The molecule has 1 aliphatic carbocycles. The van der Waals surface area contributed by atoms with E-state index in [1.54, 1.807) is 5.06 Å². The summed E-state index contributed by atoms with van der Waals surface area (Å²) < 4.78 is 61.6. The van der Waals surface area contributed by atoms with Crippen LogP contribution in [0.15, 0.2) is 30.3 Å². The fraction of sp³-hybridized carbons (Fsp3) is 0.381. The van der Waals surface area contributed by atoms with E-state index in [0.717, 1.165) is 37.0 Å². The third-order valence-corrected chi connectivity index (χ3v) is 5.26. The summed E-state index contributed by atoms with van der Waals surface area (Å²) in [5, 5.41) is 1.53. The van der Waals surface area contributed by atoms with Gasteiger partial charge in [0.1, 0.15) is 23.9 Å².